The molecule has 0 saturated heterocycles. The number of nitrogens with one attached hydrogen (secondary N) is 2. The molecule has 8 nitrogen and oxygen atoms in total. The zero-order valence-electron chi connectivity index (χ0n) is 15.6. The van der Waals surface area contributed by atoms with Gasteiger partial charge in [-0.05, 0) is 36.2 Å². The van der Waals surface area contributed by atoms with Crippen LogP contribution >= 0.6 is 0 Å². The van der Waals surface area contributed by atoms with Crippen LogP contribution in [0.3, 0.4) is 0 Å². The van der Waals surface area contributed by atoms with Gasteiger partial charge in [0.05, 0.1) is 18.8 Å². The molecule has 0 bridgehead atoms. The summed E-state index contributed by atoms with van der Waals surface area (Å²) in [4.78, 5) is 31.0. The number of H-pyrrole nitrogens is 2. The molecule has 0 unspecified atom stereocenters. The topological polar surface area (TPSA) is 112 Å². The number of rotatable bonds is 5. The summed E-state index contributed by atoms with van der Waals surface area (Å²) in [6.07, 6.45) is 3.43. The lowest BCUT2D eigenvalue weighted by Gasteiger charge is -2.04. The van der Waals surface area contributed by atoms with Gasteiger partial charge in [-0.25, -0.2) is 4.79 Å². The Hall–Kier alpha value is -4.07. The average Bonchev–Trinajstić information content (AvgIpc) is 3.08. The SMILES string of the molecule is C=CCc1cccc(/C=N\n2c(=O)[nH]c3c([nH]c4ccc(OC)cc43)c2=O)c1O. The first-order valence-electron chi connectivity index (χ1n) is 8.84. The van der Waals surface area contributed by atoms with Gasteiger partial charge in [0.15, 0.2) is 0 Å². The van der Waals surface area contributed by atoms with E-state index in [4.69, 9.17) is 4.74 Å². The Morgan fingerprint density at radius 3 is 2.79 bits per heavy atom. The molecule has 2 aromatic heterocycles. The molecule has 8 heteroatoms. The Balaban J connectivity index is 1.85. The zero-order valence-corrected chi connectivity index (χ0v) is 15.6. The molecule has 0 spiro atoms. The third kappa shape index (κ3) is 3.10. The second-order valence-corrected chi connectivity index (χ2v) is 6.43. The van der Waals surface area contributed by atoms with E-state index in [0.717, 1.165) is 0 Å². The Morgan fingerprint density at radius 2 is 2.03 bits per heavy atom. The number of nitrogens with zero attached hydrogens (tertiary/aromatic N) is 2. The van der Waals surface area contributed by atoms with Gasteiger partial charge >= 0.3 is 11.2 Å². The fourth-order valence-electron chi connectivity index (χ4n) is 3.21. The molecular formula is C21H18N4O4. The van der Waals surface area contributed by atoms with Gasteiger partial charge in [0.1, 0.15) is 17.0 Å². The highest BCUT2D eigenvalue weighted by atomic mass is 16.5. The Labute approximate surface area is 164 Å². The van der Waals surface area contributed by atoms with Crippen molar-refractivity contribution in [2.45, 2.75) is 6.42 Å². The Bertz CT molecular complexity index is 1390. The van der Waals surface area contributed by atoms with Crippen LogP contribution in [0.25, 0.3) is 21.9 Å². The number of phenols is 1. The molecule has 2 aromatic carbocycles. The minimum Gasteiger partial charge on any atom is -0.507 e. The van der Waals surface area contributed by atoms with Crippen molar-refractivity contribution in [2.24, 2.45) is 5.10 Å². The largest absolute Gasteiger partial charge is 0.507 e. The Morgan fingerprint density at radius 1 is 1.21 bits per heavy atom. The molecule has 3 N–H and O–H groups in total. The number of aromatic amines is 2. The van der Waals surface area contributed by atoms with Crippen molar-refractivity contribution in [2.75, 3.05) is 7.11 Å². The van der Waals surface area contributed by atoms with Crippen molar-refractivity contribution in [3.05, 3.63) is 81.0 Å². The van der Waals surface area contributed by atoms with Crippen molar-refractivity contribution < 1.29 is 9.84 Å². The number of hydrogen-bond acceptors (Lipinski definition) is 5. The van der Waals surface area contributed by atoms with Crippen molar-refractivity contribution in [1.29, 1.82) is 0 Å². The predicted octanol–water partition coefficient (Wildman–Crippen LogP) is 2.50. The number of methoxy groups -OCH3 is 1. The zero-order chi connectivity index (χ0) is 20.5. The lowest BCUT2D eigenvalue weighted by Crippen LogP contribution is -2.32. The summed E-state index contributed by atoms with van der Waals surface area (Å²) in [6.45, 7) is 3.65. The van der Waals surface area contributed by atoms with Crippen LogP contribution in [0.2, 0.25) is 0 Å². The van der Waals surface area contributed by atoms with Crippen LogP contribution in [0, 0.1) is 0 Å². The van der Waals surface area contributed by atoms with Crippen LogP contribution in [-0.2, 0) is 6.42 Å². The molecule has 0 aliphatic carbocycles. The number of ether oxygens (including phenoxy) is 1. The number of aromatic nitrogens is 3. The summed E-state index contributed by atoms with van der Waals surface area (Å²) in [5, 5.41) is 15.0. The second kappa shape index (κ2) is 7.16. The first-order chi connectivity index (χ1) is 14.0. The van der Waals surface area contributed by atoms with E-state index >= 15 is 0 Å². The maximum Gasteiger partial charge on any atom is 0.350 e. The average molecular weight is 390 g/mol. The molecule has 146 valence electrons. The third-order valence-electron chi connectivity index (χ3n) is 4.66. The summed E-state index contributed by atoms with van der Waals surface area (Å²) in [5.41, 5.74) is 1.05. The minimum atomic E-state index is -0.691. The number of aromatic hydroxyl groups is 1. The van der Waals surface area contributed by atoms with E-state index in [-0.39, 0.29) is 11.3 Å². The lowest BCUT2D eigenvalue weighted by atomic mass is 10.1. The van der Waals surface area contributed by atoms with Gasteiger partial charge in [-0.15, -0.1) is 11.3 Å². The summed E-state index contributed by atoms with van der Waals surface area (Å²) in [6, 6.07) is 10.4. The highest BCUT2D eigenvalue weighted by Gasteiger charge is 2.13. The molecule has 4 rings (SSSR count). The van der Waals surface area contributed by atoms with E-state index in [1.165, 1.54) is 6.21 Å². The molecule has 0 atom stereocenters. The van der Waals surface area contributed by atoms with E-state index in [9.17, 15) is 14.7 Å². The molecule has 29 heavy (non-hydrogen) atoms. The van der Waals surface area contributed by atoms with Gasteiger partial charge in [0.25, 0.3) is 0 Å². The normalized spacial score (nSPS) is 11.5. The fraction of sp³-hybridized carbons (Fsp3) is 0.0952. The monoisotopic (exact) mass is 390 g/mol. The van der Waals surface area contributed by atoms with Crippen molar-refractivity contribution in [3.8, 4) is 11.5 Å². The number of fused-ring (bicyclic) bond motifs is 3. The molecule has 0 radical (unpaired) electrons. The number of benzene rings is 2. The van der Waals surface area contributed by atoms with Crippen LogP contribution in [0.15, 0.2) is 63.7 Å². The highest BCUT2D eigenvalue weighted by molar-refractivity contribution is 6.04. The standard InChI is InChI=1S/C21H18N4O4/c1-3-5-12-6-4-7-13(19(12)26)11-22-25-20(27)18-17(24-21(25)28)15-10-14(29-2)8-9-16(15)23-18/h3-4,6-11,23,26H,1,5H2,2H3,(H,24,28)/b22-11-. The van der Waals surface area contributed by atoms with E-state index in [1.807, 2.05) is 0 Å². The third-order valence-corrected chi connectivity index (χ3v) is 4.66. The predicted molar refractivity (Wildman–Crippen MR) is 112 cm³/mol. The Kier molecular flexibility index (Phi) is 4.52. The summed E-state index contributed by atoms with van der Waals surface area (Å²) in [5.74, 6) is 0.635. The van der Waals surface area contributed by atoms with Gasteiger partial charge < -0.3 is 19.8 Å². The van der Waals surface area contributed by atoms with Gasteiger partial charge in [-0.3, -0.25) is 4.79 Å². The first kappa shape index (κ1) is 18.3. The summed E-state index contributed by atoms with van der Waals surface area (Å²) in [7, 11) is 1.54. The lowest BCUT2D eigenvalue weighted by molar-refractivity contribution is 0.415. The van der Waals surface area contributed by atoms with E-state index in [0.29, 0.717) is 44.4 Å². The number of allylic oxidation sites excluding steroid dienone is 1. The van der Waals surface area contributed by atoms with E-state index in [1.54, 1.807) is 49.6 Å². The molecular weight excluding hydrogens is 372 g/mol. The molecule has 2 heterocycles. The van der Waals surface area contributed by atoms with Crippen molar-refractivity contribution in [3.63, 3.8) is 0 Å². The van der Waals surface area contributed by atoms with Gasteiger partial charge in [-0.2, -0.15) is 5.10 Å². The van der Waals surface area contributed by atoms with Crippen LogP contribution in [0.4, 0.5) is 0 Å². The molecule has 0 saturated carbocycles. The van der Waals surface area contributed by atoms with Crippen LogP contribution in [-0.4, -0.2) is 33.1 Å². The van der Waals surface area contributed by atoms with E-state index in [2.05, 4.69) is 21.6 Å². The van der Waals surface area contributed by atoms with Crippen molar-refractivity contribution >= 4 is 28.2 Å². The maximum atomic E-state index is 12.8. The molecule has 0 fully saturated rings. The van der Waals surface area contributed by atoms with Gasteiger partial charge in [0, 0.05) is 16.5 Å². The fourth-order valence-corrected chi connectivity index (χ4v) is 3.21. The molecule has 0 amide bonds. The number of hydrogen-bond donors (Lipinski definition) is 3. The van der Waals surface area contributed by atoms with Gasteiger partial charge in [0.2, 0.25) is 0 Å². The van der Waals surface area contributed by atoms with E-state index < -0.39 is 11.2 Å². The first-order valence-corrected chi connectivity index (χ1v) is 8.84. The maximum absolute atomic E-state index is 12.8. The van der Waals surface area contributed by atoms with Crippen LogP contribution < -0.4 is 16.0 Å². The van der Waals surface area contributed by atoms with Crippen molar-refractivity contribution in [1.82, 2.24) is 14.6 Å². The molecule has 0 aliphatic heterocycles. The number of phenolic OH excluding ortho intramolecular Hbond substituents is 1. The highest BCUT2D eigenvalue weighted by Crippen LogP contribution is 2.25. The smallest absolute Gasteiger partial charge is 0.350 e. The number of para-hydroxylation sites is 1. The van der Waals surface area contributed by atoms with Crippen LogP contribution in [0.5, 0.6) is 11.5 Å². The minimum absolute atomic E-state index is 0.0272. The van der Waals surface area contributed by atoms with Gasteiger partial charge in [-0.1, -0.05) is 18.2 Å². The summed E-state index contributed by atoms with van der Waals surface area (Å²) >= 11 is 0. The molecule has 0 aliphatic rings. The summed E-state index contributed by atoms with van der Waals surface area (Å²) < 4.78 is 5.92. The second-order valence-electron chi connectivity index (χ2n) is 6.43. The molecule has 4 aromatic rings. The van der Waals surface area contributed by atoms with Crippen LogP contribution in [0.1, 0.15) is 11.1 Å². The quantitative estimate of drug-likeness (QED) is 0.359.